The molecule has 0 aromatic heterocycles. The lowest BCUT2D eigenvalue weighted by Crippen LogP contribution is -2.35. The maximum atomic E-state index is 11.9. The number of ether oxygens (including phenoxy) is 1. The van der Waals surface area contributed by atoms with Crippen LogP contribution in [0.1, 0.15) is 6.42 Å². The standard InChI is InChI=1S/C17H22N2O2/c1-19(13-17(20)18-10-5-11-21-2)16-9-8-14-6-3-4-7-15(14)12-16/h3-4,6-9,12H,5,10-11,13H2,1-2H3,(H,18,20). The normalized spacial score (nSPS) is 10.6. The summed E-state index contributed by atoms with van der Waals surface area (Å²) in [5.74, 6) is 0.0294. The Morgan fingerprint density at radius 1 is 1.19 bits per heavy atom. The number of nitrogens with zero attached hydrogens (tertiary/aromatic N) is 1. The molecule has 21 heavy (non-hydrogen) atoms. The third-order valence-electron chi connectivity index (χ3n) is 3.40. The molecule has 4 heteroatoms. The highest BCUT2D eigenvalue weighted by atomic mass is 16.5. The van der Waals surface area contributed by atoms with Gasteiger partial charge in [-0.15, -0.1) is 0 Å². The van der Waals surface area contributed by atoms with E-state index in [0.29, 0.717) is 19.7 Å². The number of likely N-dealkylation sites (N-methyl/N-ethyl adjacent to an activating group) is 1. The van der Waals surface area contributed by atoms with Crippen LogP contribution in [0.4, 0.5) is 5.69 Å². The van der Waals surface area contributed by atoms with Gasteiger partial charge in [0.25, 0.3) is 0 Å². The van der Waals surface area contributed by atoms with Crippen LogP contribution in [0.5, 0.6) is 0 Å². The molecule has 0 saturated heterocycles. The summed E-state index contributed by atoms with van der Waals surface area (Å²) in [5.41, 5.74) is 1.04. The highest BCUT2D eigenvalue weighted by Crippen LogP contribution is 2.20. The first kappa shape index (κ1) is 15.3. The van der Waals surface area contributed by atoms with Crippen LogP contribution in [0.3, 0.4) is 0 Å². The maximum absolute atomic E-state index is 11.9. The molecule has 1 amide bonds. The molecule has 2 aromatic rings. The zero-order valence-corrected chi connectivity index (χ0v) is 12.6. The highest BCUT2D eigenvalue weighted by molar-refractivity contribution is 5.87. The second kappa shape index (κ2) is 7.64. The van der Waals surface area contributed by atoms with E-state index in [-0.39, 0.29) is 5.91 Å². The van der Waals surface area contributed by atoms with Crippen molar-refractivity contribution in [2.24, 2.45) is 0 Å². The average Bonchev–Trinajstić information content (AvgIpc) is 2.51. The first-order valence-corrected chi connectivity index (χ1v) is 7.16. The van der Waals surface area contributed by atoms with Crippen molar-refractivity contribution in [2.45, 2.75) is 6.42 Å². The summed E-state index contributed by atoms with van der Waals surface area (Å²) in [5, 5.41) is 5.28. The van der Waals surface area contributed by atoms with Gasteiger partial charge in [-0.1, -0.05) is 30.3 Å². The predicted octanol–water partition coefficient (Wildman–Crippen LogP) is 2.43. The van der Waals surface area contributed by atoms with Crippen molar-refractivity contribution in [1.82, 2.24) is 5.32 Å². The van der Waals surface area contributed by atoms with E-state index in [1.807, 2.05) is 30.1 Å². The van der Waals surface area contributed by atoms with Gasteiger partial charge in [0.05, 0.1) is 6.54 Å². The summed E-state index contributed by atoms with van der Waals surface area (Å²) < 4.78 is 4.95. The number of carbonyl (C=O) groups is 1. The SMILES string of the molecule is COCCCNC(=O)CN(C)c1ccc2ccccc2c1. The molecule has 112 valence electrons. The van der Waals surface area contributed by atoms with E-state index in [2.05, 4.69) is 29.6 Å². The van der Waals surface area contributed by atoms with Crippen molar-refractivity contribution in [2.75, 3.05) is 38.8 Å². The molecule has 0 radical (unpaired) electrons. The summed E-state index contributed by atoms with van der Waals surface area (Å²) in [6, 6.07) is 14.4. The molecule has 2 rings (SSSR count). The number of nitrogens with one attached hydrogen (secondary N) is 1. The minimum absolute atomic E-state index is 0.0294. The van der Waals surface area contributed by atoms with Gasteiger partial charge in [0.1, 0.15) is 0 Å². The Balaban J connectivity index is 1.92. The Hall–Kier alpha value is -2.07. The van der Waals surface area contributed by atoms with Gasteiger partial charge < -0.3 is 15.0 Å². The number of hydrogen-bond acceptors (Lipinski definition) is 3. The Morgan fingerprint density at radius 3 is 2.71 bits per heavy atom. The van der Waals surface area contributed by atoms with Gasteiger partial charge in [0, 0.05) is 33.0 Å². The van der Waals surface area contributed by atoms with E-state index < -0.39 is 0 Å². The third-order valence-corrected chi connectivity index (χ3v) is 3.40. The predicted molar refractivity (Wildman–Crippen MR) is 86.7 cm³/mol. The molecule has 2 aromatic carbocycles. The number of carbonyl (C=O) groups excluding carboxylic acids is 1. The van der Waals surface area contributed by atoms with Gasteiger partial charge >= 0.3 is 0 Å². The van der Waals surface area contributed by atoms with E-state index >= 15 is 0 Å². The molecule has 0 spiro atoms. The highest BCUT2D eigenvalue weighted by Gasteiger charge is 2.07. The summed E-state index contributed by atoms with van der Waals surface area (Å²) in [6.07, 6.45) is 0.835. The van der Waals surface area contributed by atoms with E-state index in [0.717, 1.165) is 12.1 Å². The molecule has 0 aliphatic rings. The van der Waals surface area contributed by atoms with Crippen LogP contribution < -0.4 is 10.2 Å². The molecule has 1 N–H and O–H groups in total. The number of rotatable bonds is 7. The minimum Gasteiger partial charge on any atom is -0.385 e. The second-order valence-corrected chi connectivity index (χ2v) is 5.08. The average molecular weight is 286 g/mol. The number of hydrogen-bond donors (Lipinski definition) is 1. The van der Waals surface area contributed by atoms with Gasteiger partial charge in [0.2, 0.25) is 5.91 Å². The van der Waals surface area contributed by atoms with Crippen LogP contribution in [-0.2, 0) is 9.53 Å². The zero-order valence-electron chi connectivity index (χ0n) is 12.6. The molecule has 0 unspecified atom stereocenters. The Morgan fingerprint density at radius 2 is 1.95 bits per heavy atom. The zero-order chi connectivity index (χ0) is 15.1. The van der Waals surface area contributed by atoms with Gasteiger partial charge in [0.15, 0.2) is 0 Å². The van der Waals surface area contributed by atoms with Crippen molar-refractivity contribution in [3.05, 3.63) is 42.5 Å². The Kier molecular flexibility index (Phi) is 5.58. The van der Waals surface area contributed by atoms with Crippen molar-refractivity contribution in [3.8, 4) is 0 Å². The van der Waals surface area contributed by atoms with Crippen LogP contribution in [0.2, 0.25) is 0 Å². The lowest BCUT2D eigenvalue weighted by molar-refractivity contribution is -0.119. The van der Waals surface area contributed by atoms with Crippen molar-refractivity contribution < 1.29 is 9.53 Å². The van der Waals surface area contributed by atoms with Crippen molar-refractivity contribution in [1.29, 1.82) is 0 Å². The minimum atomic E-state index is 0.0294. The number of fused-ring (bicyclic) bond motifs is 1. The van der Waals surface area contributed by atoms with Gasteiger partial charge in [-0.2, -0.15) is 0 Å². The Bertz CT molecular complexity index is 598. The largest absolute Gasteiger partial charge is 0.385 e. The first-order valence-electron chi connectivity index (χ1n) is 7.16. The van der Waals surface area contributed by atoms with E-state index in [1.165, 1.54) is 10.8 Å². The summed E-state index contributed by atoms with van der Waals surface area (Å²) in [6.45, 7) is 1.67. The number of amides is 1. The van der Waals surface area contributed by atoms with Crippen LogP contribution in [0.15, 0.2) is 42.5 Å². The summed E-state index contributed by atoms with van der Waals surface area (Å²) in [4.78, 5) is 13.8. The molecular formula is C17H22N2O2. The molecule has 0 aliphatic heterocycles. The fourth-order valence-corrected chi connectivity index (χ4v) is 2.22. The fraction of sp³-hybridized carbons (Fsp3) is 0.353. The molecule has 4 nitrogen and oxygen atoms in total. The van der Waals surface area contributed by atoms with E-state index in [4.69, 9.17) is 4.74 Å². The molecule has 0 aliphatic carbocycles. The number of methoxy groups -OCH3 is 1. The fourth-order valence-electron chi connectivity index (χ4n) is 2.22. The lowest BCUT2D eigenvalue weighted by atomic mass is 10.1. The molecule has 0 bridgehead atoms. The van der Waals surface area contributed by atoms with Crippen LogP contribution in [-0.4, -0.2) is 39.8 Å². The lowest BCUT2D eigenvalue weighted by Gasteiger charge is -2.19. The summed E-state index contributed by atoms with van der Waals surface area (Å²) >= 11 is 0. The van der Waals surface area contributed by atoms with E-state index in [9.17, 15) is 4.79 Å². The monoisotopic (exact) mass is 286 g/mol. The quantitative estimate of drug-likeness (QED) is 0.795. The third kappa shape index (κ3) is 4.46. The molecule has 0 heterocycles. The smallest absolute Gasteiger partial charge is 0.239 e. The maximum Gasteiger partial charge on any atom is 0.239 e. The van der Waals surface area contributed by atoms with Gasteiger partial charge in [-0.25, -0.2) is 0 Å². The molecular weight excluding hydrogens is 264 g/mol. The van der Waals surface area contributed by atoms with Crippen LogP contribution >= 0.6 is 0 Å². The van der Waals surface area contributed by atoms with Crippen LogP contribution in [0.25, 0.3) is 10.8 Å². The molecule has 0 saturated carbocycles. The molecule has 0 atom stereocenters. The number of benzene rings is 2. The van der Waals surface area contributed by atoms with Crippen molar-refractivity contribution in [3.63, 3.8) is 0 Å². The Labute approximate surface area is 125 Å². The van der Waals surface area contributed by atoms with Gasteiger partial charge in [-0.05, 0) is 29.3 Å². The second-order valence-electron chi connectivity index (χ2n) is 5.08. The van der Waals surface area contributed by atoms with Crippen molar-refractivity contribution >= 4 is 22.4 Å². The number of anilines is 1. The summed E-state index contributed by atoms with van der Waals surface area (Å²) in [7, 11) is 3.59. The van der Waals surface area contributed by atoms with E-state index in [1.54, 1.807) is 7.11 Å². The molecule has 0 fully saturated rings. The topological polar surface area (TPSA) is 41.6 Å². The van der Waals surface area contributed by atoms with Gasteiger partial charge in [-0.3, -0.25) is 4.79 Å². The van der Waals surface area contributed by atoms with Crippen LogP contribution in [0, 0.1) is 0 Å². The first-order chi connectivity index (χ1) is 10.2.